The molecular weight excluding hydrogens is 107 g/mol. The van der Waals surface area contributed by atoms with Gasteiger partial charge in [0.2, 0.25) is 0 Å². The molecule has 0 unspecified atom stereocenters. The molecule has 0 heterocycles. The van der Waals surface area contributed by atoms with Crippen LogP contribution in [0.5, 0.6) is 0 Å². The van der Waals surface area contributed by atoms with Crippen molar-refractivity contribution in [3.05, 3.63) is 23.3 Å². The van der Waals surface area contributed by atoms with Crippen LogP contribution in [0.25, 0.3) is 0 Å². The van der Waals surface area contributed by atoms with E-state index >= 15 is 0 Å². The third kappa shape index (κ3) is 1.77. The predicted molar refractivity (Wildman–Crippen MR) is 39.3 cm³/mol. The Morgan fingerprint density at radius 3 is 2.12 bits per heavy atom. The van der Waals surface area contributed by atoms with Crippen molar-refractivity contribution in [1.82, 2.24) is 0 Å². The Hall–Kier alpha value is 0.480. The van der Waals surface area contributed by atoms with E-state index in [9.17, 15) is 0 Å². The van der Waals surface area contributed by atoms with Crippen LogP contribution in [0.4, 0.5) is 0 Å². The summed E-state index contributed by atoms with van der Waals surface area (Å²) >= 11 is 0. The minimum absolute atomic E-state index is 0. The molecule has 0 spiro atoms. The summed E-state index contributed by atoms with van der Waals surface area (Å²) in [4.78, 5) is 0. The summed E-state index contributed by atoms with van der Waals surface area (Å²) in [5.41, 5.74) is 2.96. The standard InChI is InChI=1S/C7H10.Na.H/c1-6-4-3-5-7(6)2;;/h3-4H,5H2,1-2H3;;. The Morgan fingerprint density at radius 2 is 2.00 bits per heavy atom. The van der Waals surface area contributed by atoms with Gasteiger partial charge in [-0.25, -0.2) is 0 Å². The van der Waals surface area contributed by atoms with Crippen molar-refractivity contribution >= 4 is 29.6 Å². The van der Waals surface area contributed by atoms with Gasteiger partial charge < -0.3 is 0 Å². The molecule has 0 amide bonds. The molecule has 1 aliphatic rings. The van der Waals surface area contributed by atoms with E-state index in [1.54, 1.807) is 0 Å². The molecule has 0 bridgehead atoms. The first-order valence-corrected chi connectivity index (χ1v) is 2.63. The Bertz CT molecular complexity index is 131. The quantitative estimate of drug-likeness (QED) is 0.424. The van der Waals surface area contributed by atoms with Crippen molar-refractivity contribution < 1.29 is 0 Å². The molecule has 1 aliphatic carbocycles. The van der Waals surface area contributed by atoms with Crippen molar-refractivity contribution in [3.63, 3.8) is 0 Å². The molecule has 40 valence electrons. The molecule has 0 aromatic carbocycles. The summed E-state index contributed by atoms with van der Waals surface area (Å²) in [6.07, 6.45) is 5.55. The SMILES string of the molecule is CC1=C(C)CC=C1.[NaH]. The fourth-order valence-corrected chi connectivity index (χ4v) is 0.716. The van der Waals surface area contributed by atoms with Crippen LogP contribution in [0.1, 0.15) is 20.3 Å². The first kappa shape index (κ1) is 8.48. The van der Waals surface area contributed by atoms with E-state index in [2.05, 4.69) is 26.0 Å². The van der Waals surface area contributed by atoms with E-state index in [1.165, 1.54) is 17.6 Å². The summed E-state index contributed by atoms with van der Waals surface area (Å²) < 4.78 is 0. The number of allylic oxidation sites excluding steroid dienone is 4. The van der Waals surface area contributed by atoms with Crippen LogP contribution >= 0.6 is 0 Å². The molecule has 1 heteroatoms. The second kappa shape index (κ2) is 3.49. The Labute approximate surface area is 73.0 Å². The van der Waals surface area contributed by atoms with Gasteiger partial charge in [0.25, 0.3) is 0 Å². The number of hydrogen-bond donors (Lipinski definition) is 0. The van der Waals surface area contributed by atoms with E-state index < -0.39 is 0 Å². The summed E-state index contributed by atoms with van der Waals surface area (Å²) in [6.45, 7) is 4.33. The zero-order valence-corrected chi connectivity index (χ0v) is 4.86. The number of hydrogen-bond acceptors (Lipinski definition) is 0. The van der Waals surface area contributed by atoms with Crippen LogP contribution in [0.2, 0.25) is 0 Å². The molecule has 0 N–H and O–H groups in total. The average molecular weight is 118 g/mol. The topological polar surface area (TPSA) is 0 Å². The molecular formula is C7H11Na. The first-order chi connectivity index (χ1) is 3.30. The molecule has 0 saturated heterocycles. The van der Waals surface area contributed by atoms with Gasteiger partial charge in [0.15, 0.2) is 0 Å². The van der Waals surface area contributed by atoms with E-state index in [0.29, 0.717) is 0 Å². The van der Waals surface area contributed by atoms with Gasteiger partial charge in [-0.15, -0.1) is 0 Å². The van der Waals surface area contributed by atoms with Crippen LogP contribution in [-0.4, -0.2) is 29.6 Å². The van der Waals surface area contributed by atoms with Gasteiger partial charge in [0.05, 0.1) is 0 Å². The van der Waals surface area contributed by atoms with E-state index in [0.717, 1.165) is 0 Å². The van der Waals surface area contributed by atoms with E-state index in [-0.39, 0.29) is 29.6 Å². The zero-order chi connectivity index (χ0) is 5.28. The van der Waals surface area contributed by atoms with Crippen LogP contribution in [0.15, 0.2) is 23.3 Å². The van der Waals surface area contributed by atoms with Crippen LogP contribution < -0.4 is 0 Å². The maximum atomic E-state index is 2.20. The number of rotatable bonds is 0. The van der Waals surface area contributed by atoms with Crippen molar-refractivity contribution in [2.24, 2.45) is 0 Å². The fourth-order valence-electron chi connectivity index (χ4n) is 0.716. The summed E-state index contributed by atoms with van der Waals surface area (Å²) in [6, 6.07) is 0. The van der Waals surface area contributed by atoms with Gasteiger partial charge in [0.1, 0.15) is 0 Å². The van der Waals surface area contributed by atoms with Gasteiger partial charge >= 0.3 is 29.6 Å². The summed E-state index contributed by atoms with van der Waals surface area (Å²) in [5.74, 6) is 0. The third-order valence-corrected chi connectivity index (χ3v) is 1.47. The van der Waals surface area contributed by atoms with E-state index in [4.69, 9.17) is 0 Å². The Morgan fingerprint density at radius 1 is 1.38 bits per heavy atom. The maximum absolute atomic E-state index is 2.20. The van der Waals surface area contributed by atoms with Gasteiger partial charge in [-0.05, 0) is 20.3 Å². The van der Waals surface area contributed by atoms with Crippen molar-refractivity contribution in [2.75, 3.05) is 0 Å². The van der Waals surface area contributed by atoms with Crippen molar-refractivity contribution in [1.29, 1.82) is 0 Å². The third-order valence-electron chi connectivity index (χ3n) is 1.47. The average Bonchev–Trinajstić information content (AvgIpc) is 1.91. The van der Waals surface area contributed by atoms with Crippen LogP contribution in [0.3, 0.4) is 0 Å². The summed E-state index contributed by atoms with van der Waals surface area (Å²) in [5, 5.41) is 0. The monoisotopic (exact) mass is 118 g/mol. The fraction of sp³-hybridized carbons (Fsp3) is 0.429. The molecule has 1 rings (SSSR count). The second-order valence-electron chi connectivity index (χ2n) is 2.07. The van der Waals surface area contributed by atoms with Gasteiger partial charge in [-0.2, -0.15) is 0 Å². The second-order valence-corrected chi connectivity index (χ2v) is 2.07. The molecule has 0 aromatic heterocycles. The zero-order valence-electron chi connectivity index (χ0n) is 4.86. The van der Waals surface area contributed by atoms with Crippen LogP contribution in [-0.2, 0) is 0 Å². The minimum atomic E-state index is 0. The molecule has 0 aromatic rings. The van der Waals surface area contributed by atoms with Gasteiger partial charge in [-0.1, -0.05) is 23.3 Å². The molecule has 8 heavy (non-hydrogen) atoms. The van der Waals surface area contributed by atoms with Crippen molar-refractivity contribution in [2.45, 2.75) is 20.3 Å². The molecule has 0 aliphatic heterocycles. The predicted octanol–water partition coefficient (Wildman–Crippen LogP) is 1.63. The summed E-state index contributed by atoms with van der Waals surface area (Å²) in [7, 11) is 0. The molecule has 0 fully saturated rings. The molecule has 0 atom stereocenters. The van der Waals surface area contributed by atoms with Gasteiger partial charge in [-0.3, -0.25) is 0 Å². The molecule has 0 radical (unpaired) electrons. The van der Waals surface area contributed by atoms with Gasteiger partial charge in [0, 0.05) is 0 Å². The Kier molecular flexibility index (Phi) is 3.70. The van der Waals surface area contributed by atoms with Crippen molar-refractivity contribution in [3.8, 4) is 0 Å². The van der Waals surface area contributed by atoms with E-state index in [1.807, 2.05) is 0 Å². The first-order valence-electron chi connectivity index (χ1n) is 2.63. The molecule has 0 nitrogen and oxygen atoms in total. The normalized spacial score (nSPS) is 16.8. The molecule has 0 saturated carbocycles. The van der Waals surface area contributed by atoms with Crippen LogP contribution in [0, 0.1) is 0 Å². The Balaban J connectivity index is 0.000000490.